The molecule has 0 fully saturated rings. The standard InChI is InChI=1S/C13H11Cl2N3O2/c14-9-1-3-10(4-2-9)20-8-7-16-13(19)11-5-6-12(15)18-17-11/h1-6H,7-8H2,(H,16,19). The summed E-state index contributed by atoms with van der Waals surface area (Å²) in [5.74, 6) is 0.365. The van der Waals surface area contributed by atoms with E-state index in [2.05, 4.69) is 15.5 Å². The molecule has 2 rings (SSSR count). The fraction of sp³-hybridized carbons (Fsp3) is 0.154. The number of nitrogens with one attached hydrogen (secondary N) is 1. The number of hydrogen-bond donors (Lipinski definition) is 1. The Labute approximate surface area is 125 Å². The smallest absolute Gasteiger partial charge is 0.271 e. The maximum absolute atomic E-state index is 11.7. The highest BCUT2D eigenvalue weighted by Gasteiger charge is 2.06. The van der Waals surface area contributed by atoms with E-state index in [1.165, 1.54) is 12.1 Å². The van der Waals surface area contributed by atoms with Crippen LogP contribution in [0.5, 0.6) is 5.75 Å². The molecule has 0 bridgehead atoms. The lowest BCUT2D eigenvalue weighted by Gasteiger charge is -2.07. The van der Waals surface area contributed by atoms with E-state index in [9.17, 15) is 4.79 Å². The molecule has 1 aromatic heterocycles. The molecule has 5 nitrogen and oxygen atoms in total. The van der Waals surface area contributed by atoms with Crippen molar-refractivity contribution in [3.05, 3.63) is 52.3 Å². The van der Waals surface area contributed by atoms with Crippen LogP contribution in [0.25, 0.3) is 0 Å². The second-order valence-electron chi connectivity index (χ2n) is 3.80. The lowest BCUT2D eigenvalue weighted by Crippen LogP contribution is -2.28. The normalized spacial score (nSPS) is 10.1. The minimum absolute atomic E-state index is 0.209. The summed E-state index contributed by atoms with van der Waals surface area (Å²) in [6, 6.07) is 10.00. The van der Waals surface area contributed by atoms with Crippen molar-refractivity contribution < 1.29 is 9.53 Å². The van der Waals surface area contributed by atoms with Crippen LogP contribution in [0.15, 0.2) is 36.4 Å². The first-order valence-corrected chi connectivity index (χ1v) is 6.56. The van der Waals surface area contributed by atoms with Crippen LogP contribution in [0.2, 0.25) is 10.2 Å². The average Bonchev–Trinajstić information content (AvgIpc) is 2.46. The number of aromatic nitrogens is 2. The van der Waals surface area contributed by atoms with Gasteiger partial charge in [-0.1, -0.05) is 23.2 Å². The van der Waals surface area contributed by atoms with Gasteiger partial charge in [-0.25, -0.2) is 0 Å². The maximum atomic E-state index is 11.7. The molecule has 0 aliphatic rings. The number of benzene rings is 1. The SMILES string of the molecule is O=C(NCCOc1ccc(Cl)cc1)c1ccc(Cl)nn1. The fourth-order valence-corrected chi connectivity index (χ4v) is 1.62. The van der Waals surface area contributed by atoms with Crippen LogP contribution >= 0.6 is 23.2 Å². The highest BCUT2D eigenvalue weighted by molar-refractivity contribution is 6.30. The van der Waals surface area contributed by atoms with Crippen LogP contribution in [-0.4, -0.2) is 29.3 Å². The summed E-state index contributed by atoms with van der Waals surface area (Å²) in [4.78, 5) is 11.7. The number of carbonyl (C=O) groups excluding carboxylic acids is 1. The summed E-state index contributed by atoms with van der Waals surface area (Å²) in [5.41, 5.74) is 0.209. The summed E-state index contributed by atoms with van der Waals surface area (Å²) in [7, 11) is 0. The van der Waals surface area contributed by atoms with Crippen molar-refractivity contribution in [1.29, 1.82) is 0 Å². The highest BCUT2D eigenvalue weighted by Crippen LogP contribution is 2.15. The van der Waals surface area contributed by atoms with E-state index in [1.807, 2.05) is 0 Å². The van der Waals surface area contributed by atoms with Gasteiger partial charge in [0.05, 0.1) is 6.54 Å². The molecule has 1 heterocycles. The fourth-order valence-electron chi connectivity index (χ4n) is 1.39. The van der Waals surface area contributed by atoms with E-state index in [0.717, 1.165) is 0 Å². The van der Waals surface area contributed by atoms with Gasteiger partial charge in [-0.05, 0) is 36.4 Å². The van der Waals surface area contributed by atoms with Gasteiger partial charge in [0.1, 0.15) is 12.4 Å². The van der Waals surface area contributed by atoms with Gasteiger partial charge < -0.3 is 10.1 Å². The quantitative estimate of drug-likeness (QED) is 0.862. The third-order valence-electron chi connectivity index (χ3n) is 2.33. The van der Waals surface area contributed by atoms with Gasteiger partial charge in [-0.15, -0.1) is 10.2 Å². The van der Waals surface area contributed by atoms with Gasteiger partial charge in [0.2, 0.25) is 0 Å². The molecule has 0 unspecified atom stereocenters. The lowest BCUT2D eigenvalue weighted by molar-refractivity contribution is 0.0941. The van der Waals surface area contributed by atoms with E-state index in [1.54, 1.807) is 24.3 Å². The zero-order chi connectivity index (χ0) is 14.4. The monoisotopic (exact) mass is 311 g/mol. The summed E-state index contributed by atoms with van der Waals surface area (Å²) in [6.45, 7) is 0.695. The number of ether oxygens (including phenoxy) is 1. The molecule has 1 N–H and O–H groups in total. The van der Waals surface area contributed by atoms with E-state index >= 15 is 0 Å². The number of halogens is 2. The zero-order valence-corrected chi connectivity index (χ0v) is 11.9. The molecular formula is C13H11Cl2N3O2. The van der Waals surface area contributed by atoms with Gasteiger partial charge in [0, 0.05) is 5.02 Å². The molecule has 0 saturated heterocycles. The van der Waals surface area contributed by atoms with Gasteiger partial charge >= 0.3 is 0 Å². The van der Waals surface area contributed by atoms with Gasteiger partial charge in [0.15, 0.2) is 10.8 Å². The summed E-state index contributed by atoms with van der Waals surface area (Å²) < 4.78 is 5.44. The van der Waals surface area contributed by atoms with Crippen LogP contribution in [0, 0.1) is 0 Å². The van der Waals surface area contributed by atoms with Crippen molar-refractivity contribution in [2.75, 3.05) is 13.2 Å². The van der Waals surface area contributed by atoms with Crippen LogP contribution < -0.4 is 10.1 Å². The first kappa shape index (κ1) is 14.6. The van der Waals surface area contributed by atoms with Gasteiger partial charge in [0.25, 0.3) is 5.91 Å². The average molecular weight is 312 g/mol. The third kappa shape index (κ3) is 4.36. The van der Waals surface area contributed by atoms with E-state index in [-0.39, 0.29) is 16.8 Å². The number of carbonyl (C=O) groups is 1. The number of nitrogens with zero attached hydrogens (tertiary/aromatic N) is 2. The summed E-state index contributed by atoms with van der Waals surface area (Å²) >= 11 is 11.3. The predicted octanol–water partition coefficient (Wildman–Crippen LogP) is 2.59. The maximum Gasteiger partial charge on any atom is 0.271 e. The van der Waals surface area contributed by atoms with Crippen molar-refractivity contribution in [3.8, 4) is 5.75 Å². The number of hydrogen-bond acceptors (Lipinski definition) is 4. The van der Waals surface area contributed by atoms with Crippen molar-refractivity contribution in [1.82, 2.24) is 15.5 Å². The Hall–Kier alpha value is -1.85. The molecule has 1 aromatic carbocycles. The van der Waals surface area contributed by atoms with Crippen LogP contribution in [0.1, 0.15) is 10.5 Å². The topological polar surface area (TPSA) is 64.1 Å². The van der Waals surface area contributed by atoms with Crippen LogP contribution in [0.4, 0.5) is 0 Å². The third-order valence-corrected chi connectivity index (χ3v) is 2.79. The Balaban J connectivity index is 1.74. The highest BCUT2D eigenvalue weighted by atomic mass is 35.5. The van der Waals surface area contributed by atoms with Crippen molar-refractivity contribution in [2.24, 2.45) is 0 Å². The number of rotatable bonds is 5. The molecule has 0 aliphatic carbocycles. The Bertz CT molecular complexity index is 573. The van der Waals surface area contributed by atoms with Crippen molar-refractivity contribution >= 4 is 29.1 Å². The molecule has 104 valence electrons. The Kier molecular flexibility index (Phi) is 5.15. The molecular weight excluding hydrogens is 301 g/mol. The summed E-state index contributed by atoms with van der Waals surface area (Å²) in [5, 5.41) is 10.8. The predicted molar refractivity (Wildman–Crippen MR) is 76.3 cm³/mol. The van der Waals surface area contributed by atoms with Crippen molar-refractivity contribution in [2.45, 2.75) is 0 Å². The van der Waals surface area contributed by atoms with Crippen LogP contribution in [-0.2, 0) is 0 Å². The van der Waals surface area contributed by atoms with Gasteiger partial charge in [-0.2, -0.15) is 0 Å². The Morgan fingerprint density at radius 2 is 1.85 bits per heavy atom. The molecule has 7 heteroatoms. The number of amides is 1. The molecule has 20 heavy (non-hydrogen) atoms. The minimum Gasteiger partial charge on any atom is -0.492 e. The molecule has 2 aromatic rings. The van der Waals surface area contributed by atoms with E-state index in [0.29, 0.717) is 23.9 Å². The summed E-state index contributed by atoms with van der Waals surface area (Å²) in [6.07, 6.45) is 0. The molecule has 1 amide bonds. The first-order valence-electron chi connectivity index (χ1n) is 5.81. The second kappa shape index (κ2) is 7.07. The zero-order valence-electron chi connectivity index (χ0n) is 10.3. The molecule has 0 aliphatic heterocycles. The second-order valence-corrected chi connectivity index (χ2v) is 4.62. The van der Waals surface area contributed by atoms with E-state index < -0.39 is 0 Å². The van der Waals surface area contributed by atoms with E-state index in [4.69, 9.17) is 27.9 Å². The first-order chi connectivity index (χ1) is 9.65. The lowest BCUT2D eigenvalue weighted by atomic mass is 10.3. The largest absolute Gasteiger partial charge is 0.492 e. The molecule has 0 saturated carbocycles. The molecule has 0 radical (unpaired) electrons. The Morgan fingerprint density at radius 1 is 1.10 bits per heavy atom. The molecule has 0 atom stereocenters. The minimum atomic E-state index is -0.325. The van der Waals surface area contributed by atoms with Crippen LogP contribution in [0.3, 0.4) is 0 Å². The molecule has 0 spiro atoms. The Morgan fingerprint density at radius 3 is 2.50 bits per heavy atom. The van der Waals surface area contributed by atoms with Crippen molar-refractivity contribution in [3.63, 3.8) is 0 Å². The van der Waals surface area contributed by atoms with Gasteiger partial charge in [-0.3, -0.25) is 4.79 Å².